The number of sulfonamides is 1. The lowest BCUT2D eigenvalue weighted by molar-refractivity contribution is -0.126. The Bertz CT molecular complexity index is 560. The van der Waals surface area contributed by atoms with Gasteiger partial charge in [-0.3, -0.25) is 4.79 Å². The average Bonchev–Trinajstić information content (AvgIpc) is 2.90. The molecule has 0 aliphatic carbocycles. The highest BCUT2D eigenvalue weighted by atomic mass is 32.2. The third-order valence-electron chi connectivity index (χ3n) is 3.77. The molecule has 7 heteroatoms. The summed E-state index contributed by atoms with van der Waals surface area (Å²) in [5.74, 6) is 0.735. The van der Waals surface area contributed by atoms with Crippen LogP contribution in [0.2, 0.25) is 0 Å². The van der Waals surface area contributed by atoms with Gasteiger partial charge in [0.25, 0.3) is 0 Å². The molecule has 1 N–H and O–H groups in total. The first-order chi connectivity index (χ1) is 9.86. The van der Waals surface area contributed by atoms with E-state index in [0.29, 0.717) is 32.4 Å². The maximum atomic E-state index is 12.2. The number of piperidine rings is 1. The zero-order valence-corrected chi connectivity index (χ0v) is 13.2. The number of nitrogens with one attached hydrogen (secondary N) is 1. The summed E-state index contributed by atoms with van der Waals surface area (Å²) in [6, 6.07) is 3.70. The van der Waals surface area contributed by atoms with Gasteiger partial charge in [0.15, 0.2) is 0 Å². The van der Waals surface area contributed by atoms with Crippen molar-refractivity contribution in [1.82, 2.24) is 9.62 Å². The fourth-order valence-electron chi connectivity index (χ4n) is 2.59. The minimum Gasteiger partial charge on any atom is -0.469 e. The van der Waals surface area contributed by atoms with Crippen molar-refractivity contribution in [2.75, 3.05) is 19.3 Å². The summed E-state index contributed by atoms with van der Waals surface area (Å²) in [7, 11) is -3.14. The van der Waals surface area contributed by atoms with Gasteiger partial charge in [0.1, 0.15) is 5.76 Å². The number of hydrogen-bond donors (Lipinski definition) is 1. The largest absolute Gasteiger partial charge is 0.469 e. The molecule has 1 atom stereocenters. The molecule has 2 rings (SSSR count). The minimum atomic E-state index is -3.14. The fraction of sp³-hybridized carbons (Fsp3) is 0.643. The summed E-state index contributed by atoms with van der Waals surface area (Å²) in [6.45, 7) is 2.78. The van der Waals surface area contributed by atoms with E-state index in [4.69, 9.17) is 4.42 Å². The predicted molar refractivity (Wildman–Crippen MR) is 79.2 cm³/mol. The molecule has 0 spiro atoms. The molecule has 1 aromatic heterocycles. The maximum Gasteiger partial charge on any atom is 0.223 e. The highest BCUT2D eigenvalue weighted by Crippen LogP contribution is 2.19. The first-order valence-electron chi connectivity index (χ1n) is 7.14. The van der Waals surface area contributed by atoms with Gasteiger partial charge in [-0.15, -0.1) is 0 Å². The number of rotatable bonds is 5. The molecule has 2 heterocycles. The number of nitrogens with zero attached hydrogens (tertiary/aromatic N) is 1. The molecule has 21 heavy (non-hydrogen) atoms. The lowest BCUT2D eigenvalue weighted by atomic mass is 9.96. The zero-order valence-electron chi connectivity index (χ0n) is 12.4. The lowest BCUT2D eigenvalue weighted by Gasteiger charge is -2.30. The summed E-state index contributed by atoms with van der Waals surface area (Å²) >= 11 is 0. The van der Waals surface area contributed by atoms with Crippen LogP contribution in [0.25, 0.3) is 0 Å². The molecule has 118 valence electrons. The van der Waals surface area contributed by atoms with Crippen molar-refractivity contribution in [3.05, 3.63) is 24.2 Å². The van der Waals surface area contributed by atoms with Crippen LogP contribution in [-0.2, 0) is 21.2 Å². The minimum absolute atomic E-state index is 0.00204. The molecule has 1 unspecified atom stereocenters. The number of furan rings is 1. The van der Waals surface area contributed by atoms with Gasteiger partial charge >= 0.3 is 0 Å². The van der Waals surface area contributed by atoms with Crippen LogP contribution in [-0.4, -0.2) is 44.0 Å². The van der Waals surface area contributed by atoms with Crippen LogP contribution in [0.1, 0.15) is 25.5 Å². The molecule has 0 aromatic carbocycles. The summed E-state index contributed by atoms with van der Waals surface area (Å²) in [5, 5.41) is 2.97. The number of hydrogen-bond acceptors (Lipinski definition) is 4. The third kappa shape index (κ3) is 4.57. The Morgan fingerprint density at radius 1 is 1.48 bits per heavy atom. The Hall–Kier alpha value is -1.34. The summed E-state index contributed by atoms with van der Waals surface area (Å²) in [6.07, 6.45) is 4.63. The summed E-state index contributed by atoms with van der Waals surface area (Å²) < 4.78 is 29.6. The molecule has 1 fully saturated rings. The van der Waals surface area contributed by atoms with Crippen molar-refractivity contribution in [3.8, 4) is 0 Å². The molecule has 1 aromatic rings. The Balaban J connectivity index is 1.79. The average molecular weight is 314 g/mol. The zero-order chi connectivity index (χ0) is 15.5. The molecule has 0 radical (unpaired) electrons. The van der Waals surface area contributed by atoms with Gasteiger partial charge in [-0.1, -0.05) is 0 Å². The van der Waals surface area contributed by atoms with E-state index >= 15 is 0 Å². The molecule has 0 bridgehead atoms. The molecule has 6 nitrogen and oxygen atoms in total. The Labute approximate surface area is 125 Å². The Morgan fingerprint density at radius 2 is 2.14 bits per heavy atom. The van der Waals surface area contributed by atoms with E-state index in [2.05, 4.69) is 5.32 Å². The Kier molecular flexibility index (Phi) is 5.05. The van der Waals surface area contributed by atoms with Gasteiger partial charge < -0.3 is 9.73 Å². The topological polar surface area (TPSA) is 79.6 Å². The van der Waals surface area contributed by atoms with Crippen molar-refractivity contribution in [2.45, 2.75) is 32.2 Å². The van der Waals surface area contributed by atoms with E-state index in [1.165, 1.54) is 10.6 Å². The van der Waals surface area contributed by atoms with Crippen LogP contribution in [0.15, 0.2) is 22.8 Å². The van der Waals surface area contributed by atoms with Gasteiger partial charge in [0, 0.05) is 31.5 Å². The van der Waals surface area contributed by atoms with Crippen LogP contribution < -0.4 is 5.32 Å². The van der Waals surface area contributed by atoms with E-state index < -0.39 is 10.0 Å². The Morgan fingerprint density at radius 3 is 2.67 bits per heavy atom. The quantitative estimate of drug-likeness (QED) is 0.879. The fourth-order valence-corrected chi connectivity index (χ4v) is 3.47. The van der Waals surface area contributed by atoms with E-state index in [-0.39, 0.29) is 17.9 Å². The van der Waals surface area contributed by atoms with Gasteiger partial charge in [0.05, 0.1) is 12.5 Å². The predicted octanol–water partition coefficient (Wildman–Crippen LogP) is 0.998. The SMILES string of the molecule is CC(Cc1ccco1)NC(=O)C1CCN(S(C)(=O)=O)CC1. The molecular formula is C14H22N2O4S. The first-order valence-corrected chi connectivity index (χ1v) is 8.99. The van der Waals surface area contributed by atoms with Crippen molar-refractivity contribution in [2.24, 2.45) is 5.92 Å². The second-order valence-corrected chi connectivity index (χ2v) is 7.61. The highest BCUT2D eigenvalue weighted by molar-refractivity contribution is 7.88. The molecule has 1 saturated heterocycles. The van der Waals surface area contributed by atoms with Gasteiger partial charge in [0.2, 0.25) is 15.9 Å². The molecular weight excluding hydrogens is 292 g/mol. The lowest BCUT2D eigenvalue weighted by Crippen LogP contribution is -2.44. The van der Waals surface area contributed by atoms with Crippen molar-refractivity contribution in [3.63, 3.8) is 0 Å². The van der Waals surface area contributed by atoms with Crippen molar-refractivity contribution >= 4 is 15.9 Å². The van der Waals surface area contributed by atoms with Crippen LogP contribution >= 0.6 is 0 Å². The van der Waals surface area contributed by atoms with E-state index in [1.54, 1.807) is 6.26 Å². The third-order valence-corrected chi connectivity index (χ3v) is 5.07. The standard InChI is InChI=1S/C14H22N2O4S/c1-11(10-13-4-3-9-20-13)15-14(17)12-5-7-16(8-6-12)21(2,18)19/h3-4,9,11-12H,5-8,10H2,1-2H3,(H,15,17). The molecule has 0 saturated carbocycles. The monoisotopic (exact) mass is 314 g/mol. The highest BCUT2D eigenvalue weighted by Gasteiger charge is 2.29. The van der Waals surface area contributed by atoms with Crippen LogP contribution in [0, 0.1) is 5.92 Å². The first kappa shape index (κ1) is 16.0. The molecule has 1 aliphatic heterocycles. The van der Waals surface area contributed by atoms with Crippen LogP contribution in [0.5, 0.6) is 0 Å². The second-order valence-electron chi connectivity index (χ2n) is 5.63. The molecule has 1 aliphatic rings. The van der Waals surface area contributed by atoms with Gasteiger partial charge in [-0.05, 0) is 31.9 Å². The van der Waals surface area contributed by atoms with Crippen molar-refractivity contribution in [1.29, 1.82) is 0 Å². The van der Waals surface area contributed by atoms with E-state index in [0.717, 1.165) is 5.76 Å². The van der Waals surface area contributed by atoms with Crippen LogP contribution in [0.4, 0.5) is 0 Å². The van der Waals surface area contributed by atoms with Gasteiger partial charge in [-0.2, -0.15) is 0 Å². The normalized spacial score (nSPS) is 19.3. The van der Waals surface area contributed by atoms with Crippen molar-refractivity contribution < 1.29 is 17.6 Å². The number of carbonyl (C=O) groups excluding carboxylic acids is 1. The number of carbonyl (C=O) groups is 1. The maximum absolute atomic E-state index is 12.2. The van der Waals surface area contributed by atoms with E-state index in [1.807, 2.05) is 19.1 Å². The summed E-state index contributed by atoms with van der Waals surface area (Å²) in [4.78, 5) is 12.2. The molecule has 1 amide bonds. The van der Waals surface area contributed by atoms with Crippen LogP contribution in [0.3, 0.4) is 0 Å². The summed E-state index contributed by atoms with van der Waals surface area (Å²) in [5.41, 5.74) is 0. The number of amides is 1. The smallest absolute Gasteiger partial charge is 0.223 e. The second kappa shape index (κ2) is 6.62. The van der Waals surface area contributed by atoms with Gasteiger partial charge in [-0.25, -0.2) is 12.7 Å². The van der Waals surface area contributed by atoms with E-state index in [9.17, 15) is 13.2 Å².